The molecule has 1 aliphatic carbocycles. The minimum absolute atomic E-state index is 0.111. The molecule has 1 spiro atoms. The summed E-state index contributed by atoms with van der Waals surface area (Å²) in [5, 5.41) is 0. The van der Waals surface area contributed by atoms with E-state index in [9.17, 15) is 9.59 Å². The number of ether oxygens (including phenoxy) is 1. The largest absolute Gasteiger partial charge is 0.380 e. The molecule has 3 heteroatoms. The third kappa shape index (κ3) is 1.08. The van der Waals surface area contributed by atoms with Gasteiger partial charge in [-0.15, -0.1) is 0 Å². The molecule has 1 atom stereocenters. The summed E-state index contributed by atoms with van der Waals surface area (Å²) in [6, 6.07) is 0. The third-order valence-electron chi connectivity index (χ3n) is 2.93. The zero-order valence-electron chi connectivity index (χ0n) is 6.91. The van der Waals surface area contributed by atoms with Crippen LogP contribution in [0.2, 0.25) is 0 Å². The maximum atomic E-state index is 11.3. The lowest BCUT2D eigenvalue weighted by atomic mass is 9.69. The molecular formula is C9H12O3. The van der Waals surface area contributed by atoms with Crippen LogP contribution in [0.3, 0.4) is 0 Å². The maximum Gasteiger partial charge on any atom is 0.143 e. The minimum atomic E-state index is -0.323. The van der Waals surface area contributed by atoms with Crippen LogP contribution in [0.15, 0.2) is 0 Å². The second kappa shape index (κ2) is 2.66. The Morgan fingerprint density at radius 2 is 2.25 bits per heavy atom. The van der Waals surface area contributed by atoms with Crippen molar-refractivity contribution in [1.29, 1.82) is 0 Å². The highest BCUT2D eigenvalue weighted by Crippen LogP contribution is 2.41. The van der Waals surface area contributed by atoms with Gasteiger partial charge in [0.15, 0.2) is 0 Å². The zero-order valence-corrected chi connectivity index (χ0v) is 6.91. The van der Waals surface area contributed by atoms with Gasteiger partial charge in [0, 0.05) is 11.8 Å². The molecule has 0 radical (unpaired) electrons. The molecule has 0 bridgehead atoms. The van der Waals surface area contributed by atoms with E-state index >= 15 is 0 Å². The van der Waals surface area contributed by atoms with Gasteiger partial charge in [-0.25, -0.2) is 0 Å². The number of Topliss-reactive ketones (excluding diaryl/α,β-unsaturated/α-hetero) is 1. The Labute approximate surface area is 71.1 Å². The molecule has 3 nitrogen and oxygen atoms in total. The molecule has 12 heavy (non-hydrogen) atoms. The van der Waals surface area contributed by atoms with Gasteiger partial charge in [0.1, 0.15) is 12.1 Å². The standard InChI is InChI=1S/C9H12O3/c10-4-7-1-2-9(3-8(7)11)5-12-6-9/h4,7H,1-3,5-6H2. The highest BCUT2D eigenvalue weighted by atomic mass is 16.5. The number of hydrogen-bond acceptors (Lipinski definition) is 3. The molecule has 66 valence electrons. The first-order chi connectivity index (χ1) is 5.76. The minimum Gasteiger partial charge on any atom is -0.380 e. The normalized spacial score (nSPS) is 33.0. The molecule has 0 amide bonds. The Balaban J connectivity index is 2.03. The molecule has 1 saturated heterocycles. The van der Waals surface area contributed by atoms with Crippen molar-refractivity contribution >= 4 is 12.1 Å². The van der Waals surface area contributed by atoms with E-state index in [1.54, 1.807) is 0 Å². The van der Waals surface area contributed by atoms with Crippen molar-refractivity contribution in [3.05, 3.63) is 0 Å². The van der Waals surface area contributed by atoms with E-state index in [0.29, 0.717) is 19.6 Å². The SMILES string of the molecule is O=CC1CCC2(COC2)CC1=O. The molecule has 1 saturated carbocycles. The average molecular weight is 168 g/mol. The van der Waals surface area contributed by atoms with Gasteiger partial charge in [-0.2, -0.15) is 0 Å². The Bertz CT molecular complexity index is 218. The Morgan fingerprint density at radius 1 is 1.50 bits per heavy atom. The molecule has 0 aromatic rings. The van der Waals surface area contributed by atoms with Crippen molar-refractivity contribution in [2.75, 3.05) is 13.2 Å². The van der Waals surface area contributed by atoms with Crippen LogP contribution in [0.5, 0.6) is 0 Å². The van der Waals surface area contributed by atoms with E-state index in [2.05, 4.69) is 0 Å². The van der Waals surface area contributed by atoms with E-state index in [1.165, 1.54) is 0 Å². The summed E-state index contributed by atoms with van der Waals surface area (Å²) in [5.41, 5.74) is 0.122. The third-order valence-corrected chi connectivity index (χ3v) is 2.93. The fourth-order valence-corrected chi connectivity index (χ4v) is 1.99. The first kappa shape index (κ1) is 7.92. The summed E-state index contributed by atoms with van der Waals surface area (Å²) in [7, 11) is 0. The lowest BCUT2D eigenvalue weighted by Crippen LogP contribution is -2.48. The van der Waals surface area contributed by atoms with E-state index in [1.807, 2.05) is 0 Å². The Kier molecular flexibility index (Phi) is 1.76. The van der Waals surface area contributed by atoms with Crippen LogP contribution in [0.4, 0.5) is 0 Å². The first-order valence-electron chi connectivity index (χ1n) is 4.32. The monoisotopic (exact) mass is 168 g/mol. The van der Waals surface area contributed by atoms with Crippen LogP contribution < -0.4 is 0 Å². The van der Waals surface area contributed by atoms with E-state index < -0.39 is 0 Å². The molecule has 0 aromatic carbocycles. The molecule has 0 N–H and O–H groups in total. The van der Waals surface area contributed by atoms with Crippen molar-refractivity contribution in [2.24, 2.45) is 11.3 Å². The fourth-order valence-electron chi connectivity index (χ4n) is 1.99. The van der Waals surface area contributed by atoms with Crippen LogP contribution in [-0.4, -0.2) is 25.3 Å². The number of carbonyl (C=O) groups is 2. The Morgan fingerprint density at radius 3 is 2.67 bits per heavy atom. The van der Waals surface area contributed by atoms with Crippen LogP contribution in [0.25, 0.3) is 0 Å². The first-order valence-corrected chi connectivity index (χ1v) is 4.32. The average Bonchev–Trinajstić information content (AvgIpc) is 2.01. The number of hydrogen-bond donors (Lipinski definition) is 0. The highest BCUT2D eigenvalue weighted by Gasteiger charge is 2.45. The van der Waals surface area contributed by atoms with Gasteiger partial charge in [-0.1, -0.05) is 0 Å². The quantitative estimate of drug-likeness (QED) is 0.424. The molecule has 2 fully saturated rings. The van der Waals surface area contributed by atoms with Crippen molar-refractivity contribution in [2.45, 2.75) is 19.3 Å². The zero-order chi connectivity index (χ0) is 8.60. The molecule has 2 aliphatic rings. The van der Waals surface area contributed by atoms with Crippen LogP contribution >= 0.6 is 0 Å². The van der Waals surface area contributed by atoms with Crippen LogP contribution in [0, 0.1) is 11.3 Å². The lowest BCUT2D eigenvalue weighted by Gasteiger charge is -2.44. The van der Waals surface area contributed by atoms with Gasteiger partial charge < -0.3 is 9.53 Å². The number of ketones is 1. The van der Waals surface area contributed by atoms with Gasteiger partial charge in [0.2, 0.25) is 0 Å². The smallest absolute Gasteiger partial charge is 0.143 e. The number of carbonyl (C=O) groups excluding carboxylic acids is 2. The van der Waals surface area contributed by atoms with Gasteiger partial charge in [-0.05, 0) is 12.8 Å². The maximum absolute atomic E-state index is 11.3. The molecule has 0 aromatic heterocycles. The second-order valence-electron chi connectivity index (χ2n) is 3.92. The summed E-state index contributed by atoms with van der Waals surface area (Å²) < 4.78 is 5.09. The van der Waals surface area contributed by atoms with Crippen molar-refractivity contribution in [3.8, 4) is 0 Å². The summed E-state index contributed by atoms with van der Waals surface area (Å²) in [5.74, 6) is -0.212. The topological polar surface area (TPSA) is 43.4 Å². The van der Waals surface area contributed by atoms with Gasteiger partial charge >= 0.3 is 0 Å². The second-order valence-corrected chi connectivity index (χ2v) is 3.92. The van der Waals surface area contributed by atoms with E-state index in [0.717, 1.165) is 19.1 Å². The van der Waals surface area contributed by atoms with Crippen LogP contribution in [0.1, 0.15) is 19.3 Å². The van der Waals surface area contributed by atoms with E-state index in [4.69, 9.17) is 4.74 Å². The predicted octanol–water partition coefficient (Wildman–Crippen LogP) is 0.571. The highest BCUT2D eigenvalue weighted by molar-refractivity contribution is 5.94. The van der Waals surface area contributed by atoms with Crippen molar-refractivity contribution < 1.29 is 14.3 Å². The summed E-state index contributed by atoms with van der Waals surface area (Å²) in [6.07, 6.45) is 3.04. The van der Waals surface area contributed by atoms with E-state index in [-0.39, 0.29) is 17.1 Å². The Hall–Kier alpha value is -0.700. The summed E-state index contributed by atoms with van der Waals surface area (Å²) in [6.45, 7) is 1.43. The summed E-state index contributed by atoms with van der Waals surface area (Å²) >= 11 is 0. The molecular weight excluding hydrogens is 156 g/mol. The predicted molar refractivity (Wildman–Crippen MR) is 41.7 cm³/mol. The molecule has 2 rings (SSSR count). The summed E-state index contributed by atoms with van der Waals surface area (Å²) in [4.78, 5) is 21.8. The van der Waals surface area contributed by atoms with Gasteiger partial charge in [0.05, 0.1) is 19.1 Å². The fraction of sp³-hybridized carbons (Fsp3) is 0.778. The van der Waals surface area contributed by atoms with Crippen LogP contribution in [-0.2, 0) is 14.3 Å². The number of rotatable bonds is 1. The van der Waals surface area contributed by atoms with Gasteiger partial charge in [-0.3, -0.25) is 4.79 Å². The number of aldehydes is 1. The molecule has 1 unspecified atom stereocenters. The van der Waals surface area contributed by atoms with Gasteiger partial charge in [0.25, 0.3) is 0 Å². The molecule has 1 aliphatic heterocycles. The van der Waals surface area contributed by atoms with Crippen molar-refractivity contribution in [3.63, 3.8) is 0 Å². The van der Waals surface area contributed by atoms with Crippen molar-refractivity contribution in [1.82, 2.24) is 0 Å². The molecule has 1 heterocycles. The lowest BCUT2D eigenvalue weighted by molar-refractivity contribution is -0.157.